The molecule has 0 aliphatic carbocycles. The quantitative estimate of drug-likeness (QED) is 0.629. The van der Waals surface area contributed by atoms with Crippen LogP contribution in [0.3, 0.4) is 0 Å². The molecule has 0 saturated heterocycles. The van der Waals surface area contributed by atoms with Gasteiger partial charge in [-0.3, -0.25) is 4.79 Å². The van der Waals surface area contributed by atoms with Crippen LogP contribution in [-0.2, 0) is 11.3 Å². The van der Waals surface area contributed by atoms with E-state index >= 15 is 0 Å². The number of tetrazole rings is 1. The third-order valence-corrected chi connectivity index (χ3v) is 1.58. The van der Waals surface area contributed by atoms with Crippen molar-refractivity contribution in [2.75, 3.05) is 0 Å². The molecule has 1 N–H and O–H groups in total. The molecule has 0 atom stereocenters. The van der Waals surface area contributed by atoms with E-state index in [1.165, 1.54) is 4.68 Å². The first-order valence-electron chi connectivity index (χ1n) is 4.35. The van der Waals surface area contributed by atoms with Crippen LogP contribution in [0.1, 0.15) is 20.8 Å². The lowest BCUT2D eigenvalue weighted by molar-refractivity contribution is -0.137. The Labute approximate surface area is 82.5 Å². The molecule has 0 saturated carbocycles. The second-order valence-corrected chi connectivity index (χ2v) is 4.38. The van der Waals surface area contributed by atoms with Gasteiger partial charge in [0.2, 0.25) is 7.28 Å². The highest BCUT2D eigenvalue weighted by Crippen LogP contribution is 2.18. The summed E-state index contributed by atoms with van der Waals surface area (Å²) in [6.07, 6.45) is 0. The van der Waals surface area contributed by atoms with E-state index in [0.717, 1.165) is 0 Å². The lowest BCUT2D eigenvalue weighted by atomic mass is 9.55. The average molecular weight is 196 g/mol. The number of carboxylic acids is 1. The molecule has 0 aliphatic heterocycles. The Kier molecular flexibility index (Phi) is 2.88. The zero-order chi connectivity index (χ0) is 10.8. The van der Waals surface area contributed by atoms with Gasteiger partial charge in [-0.2, -0.15) is 0 Å². The van der Waals surface area contributed by atoms with E-state index in [-0.39, 0.29) is 11.9 Å². The van der Waals surface area contributed by atoms with Crippen molar-refractivity contribution < 1.29 is 9.90 Å². The van der Waals surface area contributed by atoms with Crippen LogP contribution in [0, 0.1) is 0 Å². The Balaban J connectivity index is 2.77. The third-order valence-electron chi connectivity index (χ3n) is 1.58. The summed E-state index contributed by atoms with van der Waals surface area (Å²) in [5, 5.41) is 19.5. The van der Waals surface area contributed by atoms with Crippen LogP contribution in [0.25, 0.3) is 0 Å². The van der Waals surface area contributed by atoms with Crippen molar-refractivity contribution >= 4 is 19.0 Å². The monoisotopic (exact) mass is 196 g/mol. The first-order valence-corrected chi connectivity index (χ1v) is 4.35. The maximum absolute atomic E-state index is 10.5. The van der Waals surface area contributed by atoms with Crippen molar-refractivity contribution in [3.63, 3.8) is 0 Å². The number of hydrogen-bond acceptors (Lipinski definition) is 4. The molecule has 76 valence electrons. The van der Waals surface area contributed by atoms with Crippen LogP contribution in [0.4, 0.5) is 0 Å². The molecular weight excluding hydrogens is 183 g/mol. The molecule has 6 nitrogen and oxygen atoms in total. The van der Waals surface area contributed by atoms with Gasteiger partial charge in [0.15, 0.2) is 0 Å². The highest BCUT2D eigenvalue weighted by molar-refractivity contribution is 6.54. The predicted octanol–water partition coefficient (Wildman–Crippen LogP) is -0.962. The zero-order valence-corrected chi connectivity index (χ0v) is 8.56. The maximum Gasteiger partial charge on any atom is 0.325 e. The van der Waals surface area contributed by atoms with Crippen molar-refractivity contribution in [3.05, 3.63) is 0 Å². The molecule has 1 heterocycles. The molecular formula is C7H13BN4O2. The Morgan fingerprint density at radius 3 is 2.71 bits per heavy atom. The minimum Gasteiger partial charge on any atom is -0.480 e. The van der Waals surface area contributed by atoms with Gasteiger partial charge in [0.05, 0.1) is 0 Å². The SMILES string of the molecule is CC(C)(C)Bc1nnnn1CC(=O)O. The van der Waals surface area contributed by atoms with Gasteiger partial charge < -0.3 is 5.11 Å². The number of carbonyl (C=O) groups is 1. The molecule has 1 aromatic heterocycles. The van der Waals surface area contributed by atoms with E-state index in [1.54, 1.807) is 0 Å². The summed E-state index contributed by atoms with van der Waals surface area (Å²) >= 11 is 0. The van der Waals surface area contributed by atoms with Crippen molar-refractivity contribution in [1.82, 2.24) is 20.2 Å². The van der Waals surface area contributed by atoms with E-state index < -0.39 is 5.97 Å². The second kappa shape index (κ2) is 3.77. The Hall–Kier alpha value is -1.40. The number of carboxylic acid groups (broad SMARTS) is 1. The zero-order valence-electron chi connectivity index (χ0n) is 8.56. The largest absolute Gasteiger partial charge is 0.480 e. The second-order valence-electron chi connectivity index (χ2n) is 4.38. The summed E-state index contributed by atoms with van der Waals surface area (Å²) in [5.41, 5.74) is 0.611. The molecule has 0 amide bonds. The molecule has 14 heavy (non-hydrogen) atoms. The Morgan fingerprint density at radius 1 is 1.57 bits per heavy atom. The van der Waals surface area contributed by atoms with Gasteiger partial charge in [-0.25, -0.2) is 4.68 Å². The fraction of sp³-hybridized carbons (Fsp3) is 0.714. The smallest absolute Gasteiger partial charge is 0.325 e. The normalized spacial score (nSPS) is 11.4. The summed E-state index contributed by atoms with van der Waals surface area (Å²) in [6, 6.07) is 0. The molecule has 1 aromatic rings. The molecule has 0 fully saturated rings. The van der Waals surface area contributed by atoms with Crippen LogP contribution in [0.15, 0.2) is 0 Å². The summed E-state index contributed by atoms with van der Waals surface area (Å²) < 4.78 is 1.31. The van der Waals surface area contributed by atoms with Gasteiger partial charge in [-0.1, -0.05) is 26.1 Å². The van der Waals surface area contributed by atoms with Crippen LogP contribution in [0.2, 0.25) is 5.31 Å². The van der Waals surface area contributed by atoms with Gasteiger partial charge >= 0.3 is 5.97 Å². The fourth-order valence-corrected chi connectivity index (χ4v) is 1.08. The molecule has 1 rings (SSSR count). The maximum atomic E-state index is 10.5. The number of nitrogens with zero attached hydrogens (tertiary/aromatic N) is 4. The number of aliphatic carboxylic acids is 1. The first-order chi connectivity index (χ1) is 6.38. The van der Waals surface area contributed by atoms with E-state index in [0.29, 0.717) is 13.0 Å². The summed E-state index contributed by atoms with van der Waals surface area (Å²) in [4.78, 5) is 10.5. The van der Waals surface area contributed by atoms with E-state index in [4.69, 9.17) is 5.11 Å². The molecule has 0 spiro atoms. The highest BCUT2D eigenvalue weighted by atomic mass is 16.4. The van der Waals surface area contributed by atoms with E-state index in [2.05, 4.69) is 15.5 Å². The van der Waals surface area contributed by atoms with Crippen molar-refractivity contribution in [2.24, 2.45) is 0 Å². The molecule has 0 bridgehead atoms. The van der Waals surface area contributed by atoms with Crippen molar-refractivity contribution in [1.29, 1.82) is 0 Å². The van der Waals surface area contributed by atoms with Crippen LogP contribution in [0.5, 0.6) is 0 Å². The van der Waals surface area contributed by atoms with Gasteiger partial charge in [0.25, 0.3) is 0 Å². The lowest BCUT2D eigenvalue weighted by Crippen LogP contribution is -2.34. The number of rotatable bonds is 3. The molecule has 0 aliphatic rings. The van der Waals surface area contributed by atoms with Gasteiger partial charge in [0, 0.05) is 0 Å². The molecule has 0 unspecified atom stereocenters. The highest BCUT2D eigenvalue weighted by Gasteiger charge is 2.19. The van der Waals surface area contributed by atoms with Gasteiger partial charge in [-0.05, 0) is 10.4 Å². The lowest BCUT2D eigenvalue weighted by Gasteiger charge is -2.14. The first kappa shape index (κ1) is 10.7. The third kappa shape index (κ3) is 3.16. The fourth-order valence-electron chi connectivity index (χ4n) is 1.08. The van der Waals surface area contributed by atoms with E-state index in [1.807, 2.05) is 20.8 Å². The van der Waals surface area contributed by atoms with Crippen molar-refractivity contribution in [3.8, 4) is 0 Å². The topological polar surface area (TPSA) is 80.9 Å². The predicted molar refractivity (Wildman–Crippen MR) is 52.0 cm³/mol. The number of hydrogen-bond donors (Lipinski definition) is 1. The Bertz CT molecular complexity index is 331. The van der Waals surface area contributed by atoms with E-state index in [9.17, 15) is 4.79 Å². The van der Waals surface area contributed by atoms with Crippen molar-refractivity contribution in [2.45, 2.75) is 32.6 Å². The number of aromatic nitrogens is 4. The minimum atomic E-state index is -0.938. The summed E-state index contributed by atoms with van der Waals surface area (Å²) in [5.74, 6) is -0.938. The van der Waals surface area contributed by atoms with Gasteiger partial charge in [-0.15, -0.1) is 5.10 Å². The average Bonchev–Trinajstić information content (AvgIpc) is 2.32. The van der Waals surface area contributed by atoms with Crippen LogP contribution < -0.4 is 5.72 Å². The molecule has 7 heteroatoms. The van der Waals surface area contributed by atoms with Crippen LogP contribution in [-0.4, -0.2) is 38.6 Å². The summed E-state index contributed by atoms with van der Waals surface area (Å²) in [6.45, 7) is 5.96. The standard InChI is InChI=1S/C7H13BN4O2/c1-7(2,3)8-6-9-10-11-12(6)4-5(13)14/h8H,4H2,1-3H3,(H,13,14). The summed E-state index contributed by atoms with van der Waals surface area (Å²) in [7, 11) is 0.660. The molecule has 0 radical (unpaired) electrons. The minimum absolute atomic E-state index is 0.0466. The Morgan fingerprint density at radius 2 is 2.21 bits per heavy atom. The van der Waals surface area contributed by atoms with Crippen LogP contribution >= 0.6 is 0 Å². The van der Waals surface area contributed by atoms with Gasteiger partial charge in [0.1, 0.15) is 12.3 Å². The molecule has 0 aromatic carbocycles.